The van der Waals surface area contributed by atoms with Crippen molar-refractivity contribution >= 4 is 23.3 Å². The molecule has 1 fully saturated rings. The summed E-state index contributed by atoms with van der Waals surface area (Å²) in [5, 5.41) is 10.1. The Balaban J connectivity index is 0.000000370. The fourth-order valence-corrected chi connectivity index (χ4v) is 3.59. The number of carboxylic acid groups (broad SMARTS) is 1. The average Bonchev–Trinajstić information content (AvgIpc) is 2.95. The third kappa shape index (κ3) is 5.59. The summed E-state index contributed by atoms with van der Waals surface area (Å²) in [5.74, 6) is -2.74. The van der Waals surface area contributed by atoms with Crippen molar-refractivity contribution in [3.05, 3.63) is 23.8 Å². The Labute approximate surface area is 165 Å². The van der Waals surface area contributed by atoms with E-state index >= 15 is 0 Å². The molecule has 0 atom stereocenters. The molecule has 0 aliphatic carbocycles. The van der Waals surface area contributed by atoms with E-state index in [9.17, 15) is 22.4 Å². The van der Waals surface area contributed by atoms with Crippen molar-refractivity contribution in [2.75, 3.05) is 43.2 Å². The molecule has 0 unspecified atom stereocenters. The largest absolute Gasteiger partial charge is 0.490 e. The second kappa shape index (κ2) is 9.43. The highest BCUT2D eigenvalue weighted by Gasteiger charge is 2.43. The summed E-state index contributed by atoms with van der Waals surface area (Å²) >= 11 is 0. The Morgan fingerprint density at radius 1 is 1.28 bits per heavy atom. The van der Waals surface area contributed by atoms with Crippen LogP contribution in [0.15, 0.2) is 18.2 Å². The van der Waals surface area contributed by atoms with Gasteiger partial charge >= 0.3 is 12.1 Å². The van der Waals surface area contributed by atoms with E-state index in [2.05, 4.69) is 16.3 Å². The predicted octanol–water partition coefficient (Wildman–Crippen LogP) is 3.51. The molecular formula is C19H24F4N2O4. The van der Waals surface area contributed by atoms with E-state index in [4.69, 9.17) is 14.6 Å². The van der Waals surface area contributed by atoms with Crippen LogP contribution in [0, 0.1) is 0 Å². The molecule has 1 aromatic carbocycles. The Morgan fingerprint density at radius 3 is 2.41 bits per heavy atom. The molecule has 1 spiro atoms. The monoisotopic (exact) mass is 420 g/mol. The fraction of sp³-hybridized carbons (Fsp3) is 0.579. The lowest BCUT2D eigenvalue weighted by Gasteiger charge is -2.34. The van der Waals surface area contributed by atoms with Crippen LogP contribution in [0.2, 0.25) is 0 Å². The zero-order valence-corrected chi connectivity index (χ0v) is 16.0. The van der Waals surface area contributed by atoms with Crippen molar-refractivity contribution in [3.63, 3.8) is 0 Å². The minimum atomic E-state index is -5.08. The summed E-state index contributed by atoms with van der Waals surface area (Å²) in [6.07, 6.45) is -2.72. The highest BCUT2D eigenvalue weighted by atomic mass is 19.4. The number of nitrogens with zero attached hydrogens (tertiary/aromatic N) is 1. The molecule has 6 nitrogen and oxygen atoms in total. The van der Waals surface area contributed by atoms with Crippen LogP contribution in [0.1, 0.15) is 31.7 Å². The van der Waals surface area contributed by atoms with Gasteiger partial charge in [-0.3, -0.25) is 4.79 Å². The van der Waals surface area contributed by atoms with Gasteiger partial charge in [0.15, 0.2) is 0 Å². The maximum Gasteiger partial charge on any atom is 0.490 e. The van der Waals surface area contributed by atoms with Crippen LogP contribution >= 0.6 is 0 Å². The number of hydrogen-bond donors (Lipinski definition) is 2. The van der Waals surface area contributed by atoms with Gasteiger partial charge in [-0.05, 0) is 36.6 Å². The Bertz CT molecular complexity index is 733. The molecule has 1 aromatic rings. The first kappa shape index (κ1) is 22.9. The van der Waals surface area contributed by atoms with Gasteiger partial charge in [0.25, 0.3) is 0 Å². The summed E-state index contributed by atoms with van der Waals surface area (Å²) in [5.41, 5.74) is 3.21. The highest BCUT2D eigenvalue weighted by molar-refractivity contribution is 5.91. The number of carbonyl (C=O) groups excluding carboxylic acids is 1. The van der Waals surface area contributed by atoms with Crippen molar-refractivity contribution in [2.45, 2.75) is 37.8 Å². The number of alkyl halides is 4. The van der Waals surface area contributed by atoms with Crippen LogP contribution in [0.5, 0.6) is 0 Å². The number of aliphatic carboxylic acids is 1. The lowest BCUT2D eigenvalue weighted by Crippen LogP contribution is -2.39. The lowest BCUT2D eigenvalue weighted by molar-refractivity contribution is -0.192. The van der Waals surface area contributed by atoms with Crippen LogP contribution in [0.25, 0.3) is 0 Å². The number of carbonyl (C=O) groups is 2. The summed E-state index contributed by atoms with van der Waals surface area (Å²) < 4.78 is 50.1. The smallest absolute Gasteiger partial charge is 0.475 e. The first-order valence-corrected chi connectivity index (χ1v) is 9.26. The van der Waals surface area contributed by atoms with E-state index < -0.39 is 12.1 Å². The molecule has 2 N–H and O–H groups in total. The Kier molecular flexibility index (Phi) is 7.45. The number of carboxylic acids is 1. The SMILES string of the molecule is CCC(=O)Nc1ccc2c(c1)C1(CCOCC1)CN2CCF.O=C(O)C(F)(F)F. The second-order valence-corrected chi connectivity index (χ2v) is 6.94. The topological polar surface area (TPSA) is 78.9 Å². The number of hydrogen-bond acceptors (Lipinski definition) is 4. The first-order chi connectivity index (χ1) is 13.6. The normalized spacial score (nSPS) is 17.3. The van der Waals surface area contributed by atoms with Crippen LogP contribution in [-0.2, 0) is 19.7 Å². The van der Waals surface area contributed by atoms with E-state index in [0.29, 0.717) is 13.0 Å². The number of rotatable bonds is 4. The third-order valence-electron chi connectivity index (χ3n) is 5.05. The molecule has 1 amide bonds. The maximum atomic E-state index is 12.9. The summed E-state index contributed by atoms with van der Waals surface area (Å²) in [4.78, 5) is 22.7. The van der Waals surface area contributed by atoms with Crippen molar-refractivity contribution in [1.82, 2.24) is 0 Å². The number of benzene rings is 1. The number of anilines is 2. The van der Waals surface area contributed by atoms with Gasteiger partial charge in [-0.2, -0.15) is 13.2 Å². The van der Waals surface area contributed by atoms with E-state index in [0.717, 1.165) is 44.0 Å². The summed E-state index contributed by atoms with van der Waals surface area (Å²) in [6.45, 7) is 4.26. The minimum absolute atomic E-state index is 0.0135. The molecule has 2 aliphatic heterocycles. The lowest BCUT2D eigenvalue weighted by atomic mass is 9.76. The maximum absolute atomic E-state index is 12.9. The Morgan fingerprint density at radius 2 is 1.90 bits per heavy atom. The zero-order chi connectivity index (χ0) is 21.7. The van der Waals surface area contributed by atoms with E-state index in [-0.39, 0.29) is 18.0 Å². The van der Waals surface area contributed by atoms with Gasteiger partial charge < -0.3 is 20.1 Å². The van der Waals surface area contributed by atoms with Gasteiger partial charge in [-0.15, -0.1) is 0 Å². The van der Waals surface area contributed by atoms with Crippen molar-refractivity contribution in [2.24, 2.45) is 0 Å². The molecule has 3 rings (SSSR count). The number of fused-ring (bicyclic) bond motifs is 2. The van der Waals surface area contributed by atoms with Gasteiger partial charge in [0, 0.05) is 49.5 Å². The van der Waals surface area contributed by atoms with Gasteiger partial charge in [0.05, 0.1) is 0 Å². The standard InChI is InChI=1S/C17H23FN2O2.C2HF3O2/c1-2-16(21)19-13-3-4-15-14(11-13)17(5-9-22-10-6-17)12-20(15)8-7-18;3-2(4,5)1(6)7/h3-4,11H,2,5-10,12H2,1H3,(H,19,21);(H,6,7). The van der Waals surface area contributed by atoms with Crippen LogP contribution < -0.4 is 10.2 Å². The predicted molar refractivity (Wildman–Crippen MR) is 99.0 cm³/mol. The molecule has 2 heterocycles. The van der Waals surface area contributed by atoms with Gasteiger partial charge in [-0.1, -0.05) is 6.92 Å². The minimum Gasteiger partial charge on any atom is -0.475 e. The molecular weight excluding hydrogens is 396 g/mol. The van der Waals surface area contributed by atoms with Crippen LogP contribution in [0.4, 0.5) is 28.9 Å². The van der Waals surface area contributed by atoms with Gasteiger partial charge in [0.1, 0.15) is 6.67 Å². The number of nitrogens with one attached hydrogen (secondary N) is 1. The van der Waals surface area contributed by atoms with E-state index in [1.54, 1.807) is 0 Å². The first-order valence-electron chi connectivity index (χ1n) is 9.26. The van der Waals surface area contributed by atoms with Crippen molar-refractivity contribution in [1.29, 1.82) is 0 Å². The van der Waals surface area contributed by atoms with Crippen molar-refractivity contribution in [3.8, 4) is 0 Å². The zero-order valence-electron chi connectivity index (χ0n) is 16.0. The third-order valence-corrected chi connectivity index (χ3v) is 5.05. The van der Waals surface area contributed by atoms with Crippen LogP contribution in [-0.4, -0.2) is 56.1 Å². The van der Waals surface area contributed by atoms with Crippen molar-refractivity contribution < 1.29 is 37.0 Å². The molecule has 0 saturated carbocycles. The molecule has 0 radical (unpaired) electrons. The molecule has 2 aliphatic rings. The summed E-state index contributed by atoms with van der Waals surface area (Å²) in [6, 6.07) is 6.00. The quantitative estimate of drug-likeness (QED) is 0.729. The molecule has 0 aromatic heterocycles. The summed E-state index contributed by atoms with van der Waals surface area (Å²) in [7, 11) is 0. The molecule has 29 heavy (non-hydrogen) atoms. The number of amides is 1. The average molecular weight is 420 g/mol. The van der Waals surface area contributed by atoms with E-state index in [1.165, 1.54) is 5.56 Å². The van der Waals surface area contributed by atoms with Gasteiger partial charge in [0.2, 0.25) is 5.91 Å². The van der Waals surface area contributed by atoms with Gasteiger partial charge in [-0.25, -0.2) is 9.18 Å². The molecule has 1 saturated heterocycles. The molecule has 162 valence electrons. The number of halogens is 4. The molecule has 0 bridgehead atoms. The van der Waals surface area contributed by atoms with Crippen LogP contribution in [0.3, 0.4) is 0 Å². The molecule has 10 heteroatoms. The Hall–Kier alpha value is -2.36. The highest BCUT2D eigenvalue weighted by Crippen LogP contribution is 2.47. The van der Waals surface area contributed by atoms with E-state index in [1.807, 2.05) is 19.1 Å². The number of ether oxygens (including phenoxy) is 1. The fourth-order valence-electron chi connectivity index (χ4n) is 3.59. The second-order valence-electron chi connectivity index (χ2n) is 6.94.